The molecule has 1 aromatic carbocycles. The largest absolute Gasteiger partial charge is 0.482 e. The van der Waals surface area contributed by atoms with E-state index in [0.717, 1.165) is 6.42 Å². The van der Waals surface area contributed by atoms with Crippen molar-refractivity contribution in [1.29, 1.82) is 0 Å². The van der Waals surface area contributed by atoms with Gasteiger partial charge in [-0.2, -0.15) is 0 Å². The van der Waals surface area contributed by atoms with Crippen molar-refractivity contribution in [3.05, 3.63) is 18.2 Å². The van der Waals surface area contributed by atoms with Gasteiger partial charge in [0, 0.05) is 6.07 Å². The average molecular weight is 279 g/mol. The molecule has 0 bridgehead atoms. The molecule has 6 heteroatoms. The van der Waals surface area contributed by atoms with Gasteiger partial charge >= 0.3 is 5.97 Å². The molecule has 1 aliphatic rings. The van der Waals surface area contributed by atoms with Gasteiger partial charge in [-0.05, 0) is 25.5 Å². The summed E-state index contributed by atoms with van der Waals surface area (Å²) in [4.78, 5) is 22.7. The molecule has 20 heavy (non-hydrogen) atoms. The number of hydrogen-bond donors (Lipinski definition) is 1. The monoisotopic (exact) mass is 279 g/mol. The zero-order valence-corrected chi connectivity index (χ0v) is 11.5. The zero-order chi connectivity index (χ0) is 14.5. The first-order valence-corrected chi connectivity index (χ1v) is 6.47. The Kier molecular flexibility index (Phi) is 4.45. The molecule has 0 aliphatic carbocycles. The van der Waals surface area contributed by atoms with Crippen LogP contribution in [0.15, 0.2) is 18.2 Å². The molecule has 0 spiro atoms. The van der Waals surface area contributed by atoms with E-state index < -0.39 is 5.97 Å². The maximum Gasteiger partial charge on any atom is 0.344 e. The van der Waals surface area contributed by atoms with Crippen LogP contribution in [0, 0.1) is 0 Å². The molecule has 0 fully saturated rings. The van der Waals surface area contributed by atoms with E-state index in [-0.39, 0.29) is 25.2 Å². The Morgan fingerprint density at radius 2 is 2.30 bits per heavy atom. The normalized spacial score (nSPS) is 14.6. The van der Waals surface area contributed by atoms with Crippen molar-refractivity contribution in [2.75, 3.05) is 18.5 Å². The van der Waals surface area contributed by atoms with E-state index in [1.54, 1.807) is 18.2 Å². The second kappa shape index (κ2) is 6.27. The highest BCUT2D eigenvalue weighted by Gasteiger charge is 2.16. The second-order valence-electron chi connectivity index (χ2n) is 4.49. The van der Waals surface area contributed by atoms with Gasteiger partial charge in [0.2, 0.25) is 0 Å². The Morgan fingerprint density at radius 3 is 3.05 bits per heavy atom. The maximum atomic E-state index is 11.5. The molecule has 1 unspecified atom stereocenters. The highest BCUT2D eigenvalue weighted by atomic mass is 16.6. The first kappa shape index (κ1) is 14.2. The number of benzene rings is 1. The molecule has 0 radical (unpaired) electrons. The molecule has 1 heterocycles. The highest BCUT2D eigenvalue weighted by molar-refractivity contribution is 5.95. The number of amides is 1. The van der Waals surface area contributed by atoms with Gasteiger partial charge in [0.1, 0.15) is 11.5 Å². The van der Waals surface area contributed by atoms with Crippen LogP contribution in [-0.4, -0.2) is 31.2 Å². The summed E-state index contributed by atoms with van der Waals surface area (Å²) in [6.07, 6.45) is 0.635. The molecule has 6 nitrogen and oxygen atoms in total. The van der Waals surface area contributed by atoms with Gasteiger partial charge in [0.15, 0.2) is 13.2 Å². The number of anilines is 1. The van der Waals surface area contributed by atoms with E-state index in [1.165, 1.54) is 0 Å². The molecular weight excluding hydrogens is 262 g/mol. The standard InChI is InChI=1S/C14H17NO5/c1-3-9(2)20-14(17)8-18-10-4-5-12-11(6-10)15-13(16)7-19-12/h4-6,9H,3,7-8H2,1-2H3,(H,15,16). The van der Waals surface area contributed by atoms with Crippen LogP contribution >= 0.6 is 0 Å². The Balaban J connectivity index is 1.92. The van der Waals surface area contributed by atoms with Gasteiger partial charge in [-0.3, -0.25) is 4.79 Å². The first-order chi connectivity index (χ1) is 9.58. The third-order valence-corrected chi connectivity index (χ3v) is 2.85. The fourth-order valence-electron chi connectivity index (χ4n) is 1.64. The van der Waals surface area contributed by atoms with Gasteiger partial charge in [0.05, 0.1) is 11.8 Å². The number of esters is 1. The minimum Gasteiger partial charge on any atom is -0.482 e. The van der Waals surface area contributed by atoms with Crippen molar-refractivity contribution >= 4 is 17.6 Å². The molecule has 1 aliphatic heterocycles. The number of carbonyl (C=O) groups is 2. The van der Waals surface area contributed by atoms with Gasteiger partial charge in [-0.1, -0.05) is 6.92 Å². The van der Waals surface area contributed by atoms with E-state index in [2.05, 4.69) is 5.32 Å². The number of rotatable bonds is 5. The van der Waals surface area contributed by atoms with E-state index in [4.69, 9.17) is 14.2 Å². The fourth-order valence-corrected chi connectivity index (χ4v) is 1.64. The number of fused-ring (bicyclic) bond motifs is 1. The quantitative estimate of drug-likeness (QED) is 0.831. The summed E-state index contributed by atoms with van der Waals surface area (Å²) in [5.74, 6) is 0.415. The third kappa shape index (κ3) is 3.63. The highest BCUT2D eigenvalue weighted by Crippen LogP contribution is 2.31. The summed E-state index contributed by atoms with van der Waals surface area (Å²) in [7, 11) is 0. The molecule has 1 N–H and O–H groups in total. The van der Waals surface area contributed by atoms with Crippen LogP contribution in [-0.2, 0) is 14.3 Å². The molecule has 1 atom stereocenters. The van der Waals surface area contributed by atoms with Crippen molar-refractivity contribution in [3.63, 3.8) is 0 Å². The zero-order valence-electron chi connectivity index (χ0n) is 11.5. The van der Waals surface area contributed by atoms with Crippen molar-refractivity contribution in [1.82, 2.24) is 0 Å². The minimum atomic E-state index is -0.419. The summed E-state index contributed by atoms with van der Waals surface area (Å²) < 4.78 is 15.6. The number of hydrogen-bond acceptors (Lipinski definition) is 5. The first-order valence-electron chi connectivity index (χ1n) is 6.47. The molecule has 108 valence electrons. The summed E-state index contributed by atoms with van der Waals surface area (Å²) in [5, 5.41) is 2.67. The maximum absolute atomic E-state index is 11.5. The molecular formula is C14H17NO5. The van der Waals surface area contributed by atoms with Crippen LogP contribution in [0.4, 0.5) is 5.69 Å². The SMILES string of the molecule is CCC(C)OC(=O)COc1ccc2c(c1)NC(=O)CO2. The van der Waals surface area contributed by atoms with Crippen LogP contribution in [0.3, 0.4) is 0 Å². The van der Waals surface area contributed by atoms with Gasteiger partial charge in [-0.15, -0.1) is 0 Å². The van der Waals surface area contributed by atoms with Crippen LogP contribution in [0.2, 0.25) is 0 Å². The van der Waals surface area contributed by atoms with Crippen LogP contribution in [0.5, 0.6) is 11.5 Å². The predicted octanol–water partition coefficient (Wildman–Crippen LogP) is 1.74. The Morgan fingerprint density at radius 1 is 1.50 bits per heavy atom. The lowest BCUT2D eigenvalue weighted by Gasteiger charge is -2.18. The topological polar surface area (TPSA) is 73.9 Å². The third-order valence-electron chi connectivity index (χ3n) is 2.85. The van der Waals surface area contributed by atoms with E-state index >= 15 is 0 Å². The van der Waals surface area contributed by atoms with Crippen molar-refractivity contribution in [3.8, 4) is 11.5 Å². The van der Waals surface area contributed by atoms with E-state index in [0.29, 0.717) is 17.2 Å². The van der Waals surface area contributed by atoms with Crippen LogP contribution in [0.1, 0.15) is 20.3 Å². The summed E-state index contributed by atoms with van der Waals surface area (Å²) in [5.41, 5.74) is 0.536. The smallest absolute Gasteiger partial charge is 0.344 e. The number of ether oxygens (including phenoxy) is 3. The second-order valence-corrected chi connectivity index (χ2v) is 4.49. The number of carbonyl (C=O) groups excluding carboxylic acids is 2. The minimum absolute atomic E-state index is 0.00837. The molecule has 2 rings (SSSR count). The lowest BCUT2D eigenvalue weighted by molar-refractivity contribution is -0.150. The molecule has 0 aromatic heterocycles. The average Bonchev–Trinajstić information content (AvgIpc) is 2.44. The summed E-state index contributed by atoms with van der Waals surface area (Å²) in [6, 6.07) is 4.97. The fraction of sp³-hybridized carbons (Fsp3) is 0.429. The number of nitrogens with one attached hydrogen (secondary N) is 1. The summed E-state index contributed by atoms with van der Waals surface area (Å²) in [6.45, 7) is 3.60. The van der Waals surface area contributed by atoms with Crippen molar-refractivity contribution < 1.29 is 23.8 Å². The lowest BCUT2D eigenvalue weighted by atomic mass is 10.2. The molecule has 1 amide bonds. The van der Waals surface area contributed by atoms with Gasteiger partial charge < -0.3 is 19.5 Å². The Bertz CT molecular complexity index is 514. The molecule has 0 saturated carbocycles. The Hall–Kier alpha value is -2.24. The molecule has 1 aromatic rings. The van der Waals surface area contributed by atoms with Crippen LogP contribution < -0.4 is 14.8 Å². The van der Waals surface area contributed by atoms with E-state index in [1.807, 2.05) is 13.8 Å². The Labute approximate surface area is 117 Å². The van der Waals surface area contributed by atoms with Gasteiger partial charge in [0.25, 0.3) is 5.91 Å². The van der Waals surface area contributed by atoms with Gasteiger partial charge in [-0.25, -0.2) is 4.79 Å². The molecule has 0 saturated heterocycles. The predicted molar refractivity (Wildman–Crippen MR) is 71.9 cm³/mol. The summed E-state index contributed by atoms with van der Waals surface area (Å²) >= 11 is 0. The van der Waals surface area contributed by atoms with Crippen molar-refractivity contribution in [2.24, 2.45) is 0 Å². The van der Waals surface area contributed by atoms with E-state index in [9.17, 15) is 9.59 Å². The lowest BCUT2D eigenvalue weighted by Crippen LogP contribution is -2.25. The van der Waals surface area contributed by atoms with Crippen LogP contribution in [0.25, 0.3) is 0 Å². The van der Waals surface area contributed by atoms with Crippen molar-refractivity contribution in [2.45, 2.75) is 26.4 Å².